The Morgan fingerprint density at radius 3 is 2.42 bits per heavy atom. The van der Waals surface area contributed by atoms with E-state index in [-0.39, 0.29) is 17.4 Å². The Kier molecular flexibility index (Phi) is 7.93. The summed E-state index contributed by atoms with van der Waals surface area (Å²) in [6.45, 7) is 6.10. The Morgan fingerprint density at radius 2 is 1.71 bits per heavy atom. The number of methoxy groups -OCH3 is 1. The number of amides is 3. The van der Waals surface area contributed by atoms with Crippen LogP contribution in [0.5, 0.6) is 11.5 Å². The number of ether oxygens (including phenoxy) is 3. The second kappa shape index (κ2) is 12.4. The lowest BCUT2D eigenvalue weighted by Crippen LogP contribution is -2.40. The Hall–Kier alpha value is -5.88. The first-order valence-corrected chi connectivity index (χ1v) is 15.5. The number of fused-ring (bicyclic) bond motifs is 2. The molecule has 2 aliphatic rings. The second-order valence-corrected chi connectivity index (χ2v) is 11.7. The number of aryl methyl sites for hydroxylation is 2. The van der Waals surface area contributed by atoms with E-state index in [1.165, 1.54) is 0 Å². The number of aromatic amines is 1. The average Bonchev–Trinajstić information content (AvgIpc) is 3.69. The molecule has 2 aliphatic heterocycles. The summed E-state index contributed by atoms with van der Waals surface area (Å²) in [5.74, 6) is 0.849. The predicted molar refractivity (Wildman–Crippen MR) is 182 cm³/mol. The van der Waals surface area contributed by atoms with Gasteiger partial charge in [0.25, 0.3) is 5.91 Å². The van der Waals surface area contributed by atoms with Gasteiger partial charge in [0.1, 0.15) is 11.5 Å². The highest BCUT2D eigenvalue weighted by molar-refractivity contribution is 6.16. The SMILES string of the molecule is COc1ccc2[nH]c(-c3c(C)nn(C)c3C)c(C=C3Oc4ccc(NC(=O)Nc5ccc(C(=O)N6CCOCC6)cc5)cc4C3=O)c2c1. The minimum Gasteiger partial charge on any atom is -0.497 e. The van der Waals surface area contributed by atoms with E-state index in [9.17, 15) is 14.4 Å². The molecular formula is C36H34N6O6. The van der Waals surface area contributed by atoms with Crippen LogP contribution in [0.3, 0.4) is 0 Å². The van der Waals surface area contributed by atoms with Crippen molar-refractivity contribution in [3.63, 3.8) is 0 Å². The van der Waals surface area contributed by atoms with Crippen molar-refractivity contribution in [3.8, 4) is 22.8 Å². The molecule has 4 heterocycles. The molecule has 7 rings (SSSR count). The third kappa shape index (κ3) is 5.66. The van der Waals surface area contributed by atoms with E-state index >= 15 is 0 Å². The summed E-state index contributed by atoms with van der Waals surface area (Å²) in [7, 11) is 3.51. The van der Waals surface area contributed by atoms with Gasteiger partial charge in [-0.05, 0) is 80.6 Å². The fraction of sp³-hybridized carbons (Fsp3) is 0.222. The van der Waals surface area contributed by atoms with Crippen molar-refractivity contribution in [2.75, 3.05) is 44.0 Å². The van der Waals surface area contributed by atoms with Gasteiger partial charge in [-0.3, -0.25) is 14.3 Å². The molecule has 244 valence electrons. The van der Waals surface area contributed by atoms with Gasteiger partial charge in [0.15, 0.2) is 5.76 Å². The summed E-state index contributed by atoms with van der Waals surface area (Å²) in [5, 5.41) is 11.0. The highest BCUT2D eigenvalue weighted by Crippen LogP contribution is 2.39. The van der Waals surface area contributed by atoms with Gasteiger partial charge in [0, 0.05) is 64.8 Å². The minimum absolute atomic E-state index is 0.0734. The van der Waals surface area contributed by atoms with Gasteiger partial charge in [-0.25, -0.2) is 4.79 Å². The third-order valence-corrected chi connectivity index (χ3v) is 8.69. The number of nitrogens with one attached hydrogen (secondary N) is 3. The highest BCUT2D eigenvalue weighted by Gasteiger charge is 2.29. The molecule has 1 fully saturated rings. The molecule has 0 saturated carbocycles. The number of urea groups is 1. The molecule has 3 N–H and O–H groups in total. The molecule has 0 radical (unpaired) electrons. The summed E-state index contributed by atoms with van der Waals surface area (Å²) >= 11 is 0. The molecular weight excluding hydrogens is 612 g/mol. The number of hydrogen-bond donors (Lipinski definition) is 3. The third-order valence-electron chi connectivity index (χ3n) is 8.69. The van der Waals surface area contributed by atoms with Gasteiger partial charge < -0.3 is 34.7 Å². The summed E-state index contributed by atoms with van der Waals surface area (Å²) in [5.41, 5.74) is 7.03. The first kappa shape index (κ1) is 30.8. The van der Waals surface area contributed by atoms with Crippen molar-refractivity contribution in [2.24, 2.45) is 7.05 Å². The summed E-state index contributed by atoms with van der Waals surface area (Å²) in [4.78, 5) is 44.5. The van der Waals surface area contributed by atoms with Gasteiger partial charge in [-0.15, -0.1) is 0 Å². The number of carbonyl (C=O) groups excluding carboxylic acids is 3. The van der Waals surface area contributed by atoms with Gasteiger partial charge >= 0.3 is 6.03 Å². The van der Waals surface area contributed by atoms with E-state index in [1.807, 2.05) is 43.8 Å². The van der Waals surface area contributed by atoms with Crippen LogP contribution < -0.4 is 20.1 Å². The number of ketones is 1. The summed E-state index contributed by atoms with van der Waals surface area (Å²) < 4.78 is 18.7. The maximum Gasteiger partial charge on any atom is 0.323 e. The zero-order valence-corrected chi connectivity index (χ0v) is 27.0. The number of allylic oxidation sites excluding steroid dienone is 1. The first-order chi connectivity index (χ1) is 23.2. The molecule has 1 saturated heterocycles. The van der Waals surface area contributed by atoms with E-state index in [1.54, 1.807) is 60.6 Å². The molecule has 0 spiro atoms. The number of Topliss-reactive ketones (excluding diaryl/α,β-unsaturated/α-hetero) is 1. The van der Waals surface area contributed by atoms with Crippen molar-refractivity contribution in [3.05, 3.63) is 94.5 Å². The standard InChI is InChI=1S/C36H34N6O6/c1-20-32(21(2)41(3)40-20)33-27(26-18-25(46-4)10-11-29(26)39-33)19-31-34(43)28-17-24(9-12-30(28)48-31)38-36(45)37-23-7-5-22(6-8-23)35(44)42-13-15-47-16-14-42/h5-12,17-19,39H,13-16H2,1-4H3,(H2,37,38,45). The molecule has 12 heteroatoms. The fourth-order valence-corrected chi connectivity index (χ4v) is 6.14. The summed E-state index contributed by atoms with van der Waals surface area (Å²) in [6.07, 6.45) is 1.75. The minimum atomic E-state index is -0.496. The molecule has 0 unspecified atom stereocenters. The molecule has 2 aromatic heterocycles. The van der Waals surface area contributed by atoms with Crippen molar-refractivity contribution < 1.29 is 28.6 Å². The number of nitrogens with zero attached hydrogens (tertiary/aromatic N) is 3. The smallest absolute Gasteiger partial charge is 0.323 e. The number of hydrogen-bond acceptors (Lipinski definition) is 7. The van der Waals surface area contributed by atoms with Crippen LogP contribution in [-0.4, -0.2) is 70.8 Å². The Balaban J connectivity index is 1.11. The number of carbonyl (C=O) groups is 3. The molecule has 5 aromatic rings. The highest BCUT2D eigenvalue weighted by atomic mass is 16.5. The summed E-state index contributed by atoms with van der Waals surface area (Å²) in [6, 6.07) is 16.9. The van der Waals surface area contributed by atoms with Crippen LogP contribution in [0.1, 0.15) is 37.7 Å². The van der Waals surface area contributed by atoms with Crippen LogP contribution in [0, 0.1) is 13.8 Å². The van der Waals surface area contributed by atoms with Gasteiger partial charge in [0.2, 0.25) is 5.78 Å². The lowest BCUT2D eigenvalue weighted by molar-refractivity contribution is 0.0303. The largest absolute Gasteiger partial charge is 0.497 e. The van der Waals surface area contributed by atoms with Crippen LogP contribution in [0.25, 0.3) is 28.2 Å². The predicted octanol–water partition coefficient (Wildman–Crippen LogP) is 5.93. The monoisotopic (exact) mass is 646 g/mol. The molecule has 3 amide bonds. The Bertz CT molecular complexity index is 2120. The molecule has 3 aromatic carbocycles. The van der Waals surface area contributed by atoms with E-state index in [0.29, 0.717) is 60.3 Å². The van der Waals surface area contributed by atoms with Gasteiger partial charge in [-0.2, -0.15) is 5.10 Å². The van der Waals surface area contributed by atoms with Crippen molar-refractivity contribution in [2.45, 2.75) is 13.8 Å². The Morgan fingerprint density at radius 1 is 0.979 bits per heavy atom. The van der Waals surface area contributed by atoms with Crippen LogP contribution in [0.15, 0.2) is 66.4 Å². The second-order valence-electron chi connectivity index (χ2n) is 11.7. The maximum atomic E-state index is 13.7. The first-order valence-electron chi connectivity index (χ1n) is 15.5. The zero-order valence-electron chi connectivity index (χ0n) is 27.0. The quantitative estimate of drug-likeness (QED) is 0.195. The number of rotatable bonds is 6. The van der Waals surface area contributed by atoms with Gasteiger partial charge in [0.05, 0.1) is 37.3 Å². The number of H-pyrrole nitrogens is 1. The lowest BCUT2D eigenvalue weighted by atomic mass is 10.0. The molecule has 0 aliphatic carbocycles. The van der Waals surface area contributed by atoms with Crippen LogP contribution >= 0.6 is 0 Å². The zero-order chi connectivity index (χ0) is 33.5. The van der Waals surface area contributed by atoms with E-state index in [2.05, 4.69) is 20.7 Å². The van der Waals surface area contributed by atoms with E-state index in [4.69, 9.17) is 14.2 Å². The molecule has 12 nitrogen and oxygen atoms in total. The average molecular weight is 647 g/mol. The molecule has 0 bridgehead atoms. The lowest BCUT2D eigenvalue weighted by Gasteiger charge is -2.26. The van der Waals surface area contributed by atoms with Gasteiger partial charge in [-0.1, -0.05) is 0 Å². The van der Waals surface area contributed by atoms with Crippen LogP contribution in [0.4, 0.5) is 16.2 Å². The van der Waals surface area contributed by atoms with Crippen molar-refractivity contribution >= 4 is 46.1 Å². The number of aromatic nitrogens is 3. The normalized spacial score (nSPS) is 15.0. The number of anilines is 2. The molecule has 0 atom stereocenters. The topological polar surface area (TPSA) is 140 Å². The maximum absolute atomic E-state index is 13.7. The van der Waals surface area contributed by atoms with Crippen molar-refractivity contribution in [1.82, 2.24) is 19.7 Å². The molecule has 48 heavy (non-hydrogen) atoms. The fourth-order valence-electron chi connectivity index (χ4n) is 6.14. The van der Waals surface area contributed by atoms with Crippen molar-refractivity contribution in [1.29, 1.82) is 0 Å². The van der Waals surface area contributed by atoms with E-state index in [0.717, 1.165) is 39.1 Å². The van der Waals surface area contributed by atoms with Crippen LogP contribution in [-0.2, 0) is 11.8 Å². The Labute approximate surface area is 276 Å². The van der Waals surface area contributed by atoms with Crippen LogP contribution in [0.2, 0.25) is 0 Å². The van der Waals surface area contributed by atoms with E-state index < -0.39 is 6.03 Å². The number of morpholine rings is 1. The number of benzene rings is 3.